The van der Waals surface area contributed by atoms with Crippen LogP contribution in [0.25, 0.3) is 0 Å². The molecule has 0 aliphatic carbocycles. The number of rotatable bonds is 4. The quantitative estimate of drug-likeness (QED) is 0.817. The van der Waals surface area contributed by atoms with Gasteiger partial charge in [-0.1, -0.05) is 0 Å². The zero-order chi connectivity index (χ0) is 16.2. The van der Waals surface area contributed by atoms with Crippen LogP contribution in [0.15, 0.2) is 24.3 Å². The van der Waals surface area contributed by atoms with E-state index >= 15 is 0 Å². The predicted molar refractivity (Wildman–Crippen MR) is 95.4 cm³/mol. The number of piperazine rings is 1. The molecule has 3 rings (SSSR count). The van der Waals surface area contributed by atoms with Crippen molar-refractivity contribution < 1.29 is 4.79 Å². The molecule has 2 aliphatic rings. The van der Waals surface area contributed by atoms with E-state index in [0.29, 0.717) is 0 Å². The molecule has 1 unspecified atom stereocenters. The van der Waals surface area contributed by atoms with Crippen molar-refractivity contribution in [3.63, 3.8) is 0 Å². The Morgan fingerprint density at radius 2 is 2.04 bits per heavy atom. The third-order valence-corrected chi connectivity index (χ3v) is 17.0. The Hall–Kier alpha value is -0.520. The Balaban J connectivity index is 1.54. The van der Waals surface area contributed by atoms with Crippen molar-refractivity contribution in [2.45, 2.75) is 40.6 Å². The molecule has 4 nitrogen and oxygen atoms in total. The van der Waals surface area contributed by atoms with Crippen LogP contribution in [0.2, 0.25) is 7.85 Å². The minimum atomic E-state index is -1.96. The van der Waals surface area contributed by atoms with Crippen LogP contribution in [0.4, 0.5) is 0 Å². The maximum atomic E-state index is 11.8. The van der Waals surface area contributed by atoms with E-state index < -0.39 is 21.7 Å². The van der Waals surface area contributed by atoms with Gasteiger partial charge in [-0.15, -0.1) is 0 Å². The molecule has 2 heterocycles. The zero-order valence-electron chi connectivity index (χ0n) is 14.2. The van der Waals surface area contributed by atoms with Crippen LogP contribution in [0.1, 0.15) is 30.4 Å². The molecule has 1 aromatic carbocycles. The van der Waals surface area contributed by atoms with Crippen molar-refractivity contribution in [3.05, 3.63) is 35.4 Å². The summed E-state index contributed by atoms with van der Waals surface area (Å²) in [5, 5.41) is 0. The summed E-state index contributed by atoms with van der Waals surface area (Å²) in [5.41, 5.74) is 8.43. The number of carbonyl (C=O) groups is 1. The Kier molecular flexibility index (Phi) is 6.05. The second-order valence-corrected chi connectivity index (χ2v) is 16.4. The molecule has 2 N–H and O–H groups in total. The average Bonchev–Trinajstić information content (AvgIpc) is 2.55. The first kappa shape index (κ1) is 17.3. The Morgan fingerprint density at radius 3 is 2.74 bits per heavy atom. The third kappa shape index (κ3) is 4.52. The number of benzene rings is 1. The molecule has 23 heavy (non-hydrogen) atoms. The molecule has 0 radical (unpaired) electrons. The standard InChI is InChI=1S/C12H17N2.C6H11NO.In/c1-11-3-2-4-12(9-11)10-14-7-5-13-6-8-14;1-2-3-4-5-6(7)8;/h2-4,9H,5-8,10H2,1H3;5H,1-4H2,(H2,7,8);/q-1;;+1. The van der Waals surface area contributed by atoms with Gasteiger partial charge in [-0.2, -0.15) is 0 Å². The Morgan fingerprint density at radius 1 is 1.26 bits per heavy atom. The van der Waals surface area contributed by atoms with E-state index in [4.69, 9.17) is 5.73 Å². The van der Waals surface area contributed by atoms with Crippen molar-refractivity contribution in [2.24, 2.45) is 5.73 Å². The van der Waals surface area contributed by atoms with E-state index in [9.17, 15) is 4.79 Å². The molecule has 1 aromatic rings. The second kappa shape index (κ2) is 8.04. The van der Waals surface area contributed by atoms with Gasteiger partial charge in [0, 0.05) is 0 Å². The number of primary amides is 1. The SMILES string of the molecule is Cc1cccc(CN2CC[N]([In]3[CH2]CCC[CH]3C(N)=O)CC2)c1. The van der Waals surface area contributed by atoms with E-state index in [1.165, 1.54) is 28.1 Å². The van der Waals surface area contributed by atoms with Gasteiger partial charge in [-0.3, -0.25) is 0 Å². The summed E-state index contributed by atoms with van der Waals surface area (Å²) in [7, 11) is 0. The van der Waals surface area contributed by atoms with Gasteiger partial charge in [0.2, 0.25) is 0 Å². The molecule has 2 saturated heterocycles. The topological polar surface area (TPSA) is 49.6 Å². The second-order valence-electron chi connectivity index (χ2n) is 7.16. The molecule has 1 atom stereocenters. The minimum absolute atomic E-state index is 0.00677. The van der Waals surface area contributed by atoms with Gasteiger partial charge in [0.25, 0.3) is 0 Å². The molecule has 0 spiro atoms. The van der Waals surface area contributed by atoms with Gasteiger partial charge in [0.1, 0.15) is 0 Å². The van der Waals surface area contributed by atoms with Crippen molar-refractivity contribution in [2.75, 3.05) is 26.2 Å². The van der Waals surface area contributed by atoms with Crippen LogP contribution >= 0.6 is 0 Å². The monoisotopic (exact) mass is 417 g/mol. The fraction of sp³-hybridized carbons (Fsp3) is 0.611. The number of hydrogen-bond acceptors (Lipinski definition) is 3. The predicted octanol–water partition coefficient (Wildman–Crippen LogP) is 2.14. The first-order chi connectivity index (χ1) is 11.1. The van der Waals surface area contributed by atoms with E-state index in [-0.39, 0.29) is 9.58 Å². The van der Waals surface area contributed by atoms with Gasteiger partial charge in [-0.25, -0.2) is 0 Å². The molecule has 0 aromatic heterocycles. The van der Waals surface area contributed by atoms with Crippen molar-refractivity contribution >= 4 is 27.6 Å². The molecule has 5 heteroatoms. The van der Waals surface area contributed by atoms with Gasteiger partial charge in [0.05, 0.1) is 0 Å². The molecule has 1 amide bonds. The maximum absolute atomic E-state index is 11.8. The Bertz CT molecular complexity index is 543. The molecule has 2 aliphatic heterocycles. The fourth-order valence-electron chi connectivity index (χ4n) is 4.20. The summed E-state index contributed by atoms with van der Waals surface area (Å²) in [6.07, 6.45) is 3.60. The summed E-state index contributed by atoms with van der Waals surface area (Å²) in [4.78, 5) is 14.3. The van der Waals surface area contributed by atoms with Crippen molar-refractivity contribution in [3.8, 4) is 0 Å². The number of nitrogens with two attached hydrogens (primary N) is 1. The van der Waals surface area contributed by atoms with Crippen LogP contribution in [0.3, 0.4) is 0 Å². The molecule has 2 fully saturated rings. The molecule has 0 bridgehead atoms. The van der Waals surface area contributed by atoms with E-state index in [1.807, 2.05) is 0 Å². The number of aryl methyl sites for hydroxylation is 1. The van der Waals surface area contributed by atoms with Gasteiger partial charge >= 0.3 is 148 Å². The van der Waals surface area contributed by atoms with Crippen molar-refractivity contribution in [1.29, 1.82) is 0 Å². The fourth-order valence-corrected chi connectivity index (χ4v) is 15.3. The molecule has 0 saturated carbocycles. The van der Waals surface area contributed by atoms with E-state index in [0.717, 1.165) is 39.1 Å². The first-order valence-corrected chi connectivity index (χ1v) is 14.7. The van der Waals surface area contributed by atoms with Crippen LogP contribution in [0, 0.1) is 6.92 Å². The zero-order valence-corrected chi connectivity index (χ0v) is 17.5. The van der Waals surface area contributed by atoms with Crippen LogP contribution in [-0.2, 0) is 11.3 Å². The third-order valence-electron chi connectivity index (χ3n) is 5.46. The van der Waals surface area contributed by atoms with Gasteiger partial charge in [0.15, 0.2) is 0 Å². The first-order valence-electron chi connectivity index (χ1n) is 8.95. The van der Waals surface area contributed by atoms with E-state index in [2.05, 4.69) is 39.0 Å². The van der Waals surface area contributed by atoms with Crippen molar-refractivity contribution in [1.82, 2.24) is 7.79 Å². The van der Waals surface area contributed by atoms with Gasteiger partial charge < -0.3 is 0 Å². The summed E-state index contributed by atoms with van der Waals surface area (Å²) in [5.74, 6) is -0.00677. The summed E-state index contributed by atoms with van der Waals surface area (Å²) >= 11 is -1.96. The summed E-state index contributed by atoms with van der Waals surface area (Å²) in [6.45, 7) is 7.77. The number of hydrogen-bond donors (Lipinski definition) is 1. The number of nitrogens with zero attached hydrogens (tertiary/aromatic N) is 2. The Labute approximate surface area is 147 Å². The average molecular weight is 417 g/mol. The number of carbonyl (C=O) groups excluding carboxylic acids is 1. The number of amides is 1. The molecular formula is C18H28InN3O. The summed E-state index contributed by atoms with van der Waals surface area (Å²) in [6, 6.07) is 8.82. The van der Waals surface area contributed by atoms with E-state index in [1.54, 1.807) is 0 Å². The molecular weight excluding hydrogens is 389 g/mol. The van der Waals surface area contributed by atoms with Crippen LogP contribution < -0.4 is 5.73 Å². The van der Waals surface area contributed by atoms with Gasteiger partial charge in [-0.05, 0) is 0 Å². The van der Waals surface area contributed by atoms with Crippen LogP contribution in [-0.4, -0.2) is 61.6 Å². The molecule has 124 valence electrons. The normalized spacial score (nSPS) is 23.9. The van der Waals surface area contributed by atoms with Crippen LogP contribution in [0.5, 0.6) is 0 Å². The summed E-state index contributed by atoms with van der Waals surface area (Å²) < 4.78 is 4.34.